The van der Waals surface area contributed by atoms with Crippen molar-refractivity contribution >= 4 is 0 Å². The summed E-state index contributed by atoms with van der Waals surface area (Å²) in [6.07, 6.45) is -4.55. The van der Waals surface area contributed by atoms with Crippen LogP contribution in [-0.2, 0) is 6.18 Å². The molecule has 0 aliphatic heterocycles. The number of alkyl halides is 3. The van der Waals surface area contributed by atoms with E-state index in [2.05, 4.69) is 9.47 Å². The Morgan fingerprint density at radius 3 is 2.00 bits per heavy atom. The van der Waals surface area contributed by atoms with Crippen molar-refractivity contribution in [1.82, 2.24) is 0 Å². The Bertz CT molecular complexity index is 360. The van der Waals surface area contributed by atoms with E-state index in [1.807, 2.05) is 0 Å². The van der Waals surface area contributed by atoms with Gasteiger partial charge in [-0.1, -0.05) is 0 Å². The Balaban J connectivity index is 3.42. The van der Waals surface area contributed by atoms with Crippen molar-refractivity contribution in [2.45, 2.75) is 6.18 Å². The highest BCUT2D eigenvalue weighted by atomic mass is 19.4. The summed E-state index contributed by atoms with van der Waals surface area (Å²) in [6, 6.07) is 1.64. The van der Waals surface area contributed by atoms with E-state index in [9.17, 15) is 18.3 Å². The number of hydrogen-bond donors (Lipinski definition) is 1. The molecule has 6 heteroatoms. The number of aromatic hydroxyl groups is 1. The molecule has 0 radical (unpaired) electrons. The Kier molecular flexibility index (Phi) is 2.97. The molecule has 0 saturated heterocycles. The van der Waals surface area contributed by atoms with E-state index < -0.39 is 23.2 Å². The second-order valence-corrected chi connectivity index (χ2v) is 2.70. The summed E-state index contributed by atoms with van der Waals surface area (Å²) in [4.78, 5) is 0. The van der Waals surface area contributed by atoms with Crippen molar-refractivity contribution in [2.24, 2.45) is 0 Å². The quantitative estimate of drug-likeness (QED) is 0.835. The highest BCUT2D eigenvalue weighted by Crippen LogP contribution is 2.45. The van der Waals surface area contributed by atoms with E-state index in [1.54, 1.807) is 0 Å². The topological polar surface area (TPSA) is 38.7 Å². The molecule has 0 aliphatic rings. The number of halogens is 3. The summed E-state index contributed by atoms with van der Waals surface area (Å²) in [5.74, 6) is -1.25. The van der Waals surface area contributed by atoms with Crippen molar-refractivity contribution in [3.05, 3.63) is 17.7 Å². The molecular weight excluding hydrogens is 213 g/mol. The minimum atomic E-state index is -4.55. The van der Waals surface area contributed by atoms with E-state index >= 15 is 0 Å². The summed E-state index contributed by atoms with van der Waals surface area (Å²) in [7, 11) is 2.23. The first kappa shape index (κ1) is 11.5. The molecule has 0 bridgehead atoms. The first-order valence-electron chi connectivity index (χ1n) is 3.93. The maximum Gasteiger partial charge on any atom is 0.420 e. The van der Waals surface area contributed by atoms with Crippen molar-refractivity contribution in [3.8, 4) is 17.2 Å². The zero-order chi connectivity index (χ0) is 11.6. The lowest BCUT2D eigenvalue weighted by atomic mass is 10.1. The average Bonchev–Trinajstić information content (AvgIpc) is 2.15. The van der Waals surface area contributed by atoms with Gasteiger partial charge >= 0.3 is 6.18 Å². The molecule has 3 nitrogen and oxygen atoms in total. The molecule has 0 saturated carbocycles. The van der Waals surface area contributed by atoms with Crippen LogP contribution in [-0.4, -0.2) is 19.3 Å². The molecule has 0 aliphatic carbocycles. The van der Waals surface area contributed by atoms with Crippen LogP contribution in [0.4, 0.5) is 13.2 Å². The molecule has 0 unspecified atom stereocenters. The molecule has 0 fully saturated rings. The average molecular weight is 222 g/mol. The standard InChI is InChI=1S/C9H9F3O3/c1-14-7-5(9(10,11)12)3-4-6(13)8(7)15-2/h3-4,13H,1-2H3. The van der Waals surface area contributed by atoms with E-state index in [4.69, 9.17) is 0 Å². The lowest BCUT2D eigenvalue weighted by molar-refractivity contribution is -0.138. The van der Waals surface area contributed by atoms with E-state index in [0.717, 1.165) is 26.4 Å². The zero-order valence-electron chi connectivity index (χ0n) is 8.05. The Morgan fingerprint density at radius 1 is 1.07 bits per heavy atom. The summed E-state index contributed by atoms with van der Waals surface area (Å²) in [5.41, 5.74) is -0.986. The van der Waals surface area contributed by atoms with Crippen LogP contribution in [0.25, 0.3) is 0 Å². The second kappa shape index (κ2) is 3.88. The predicted molar refractivity (Wildman–Crippen MR) is 46.2 cm³/mol. The van der Waals surface area contributed by atoms with Gasteiger partial charge in [0, 0.05) is 0 Å². The van der Waals surface area contributed by atoms with Gasteiger partial charge in [-0.2, -0.15) is 13.2 Å². The summed E-state index contributed by atoms with van der Waals surface area (Å²) in [6.45, 7) is 0. The number of phenols is 1. The van der Waals surface area contributed by atoms with Crippen LogP contribution in [0.5, 0.6) is 17.2 Å². The minimum Gasteiger partial charge on any atom is -0.504 e. The predicted octanol–water partition coefficient (Wildman–Crippen LogP) is 2.43. The van der Waals surface area contributed by atoms with Crippen molar-refractivity contribution in [2.75, 3.05) is 14.2 Å². The van der Waals surface area contributed by atoms with Crippen LogP contribution in [0.2, 0.25) is 0 Å². The molecule has 0 atom stereocenters. The Hall–Kier alpha value is -1.59. The van der Waals surface area contributed by atoms with Gasteiger partial charge in [0.25, 0.3) is 0 Å². The number of ether oxygens (including phenoxy) is 2. The molecule has 0 heterocycles. The molecule has 1 N–H and O–H groups in total. The van der Waals surface area contributed by atoms with Crippen LogP contribution in [0.15, 0.2) is 12.1 Å². The van der Waals surface area contributed by atoms with Gasteiger partial charge in [-0.25, -0.2) is 0 Å². The molecule has 15 heavy (non-hydrogen) atoms. The summed E-state index contributed by atoms with van der Waals surface area (Å²) < 4.78 is 46.6. The van der Waals surface area contributed by atoms with E-state index in [0.29, 0.717) is 0 Å². The molecule has 1 aromatic carbocycles. The van der Waals surface area contributed by atoms with Crippen LogP contribution in [0.3, 0.4) is 0 Å². The zero-order valence-corrected chi connectivity index (χ0v) is 8.05. The maximum atomic E-state index is 12.5. The van der Waals surface area contributed by atoms with Crippen LogP contribution >= 0.6 is 0 Å². The number of hydrogen-bond acceptors (Lipinski definition) is 3. The minimum absolute atomic E-state index is 0.327. The highest BCUT2D eigenvalue weighted by molar-refractivity contribution is 5.55. The monoisotopic (exact) mass is 222 g/mol. The molecule has 0 spiro atoms. The lowest BCUT2D eigenvalue weighted by Crippen LogP contribution is -2.08. The number of phenolic OH excluding ortho intramolecular Hbond substituents is 1. The number of methoxy groups -OCH3 is 2. The first-order valence-corrected chi connectivity index (χ1v) is 3.93. The third kappa shape index (κ3) is 2.08. The molecule has 84 valence electrons. The largest absolute Gasteiger partial charge is 0.504 e. The Labute approximate surface area is 84.0 Å². The fraction of sp³-hybridized carbons (Fsp3) is 0.333. The summed E-state index contributed by atoms with van der Waals surface area (Å²) >= 11 is 0. The van der Waals surface area contributed by atoms with Crippen LogP contribution in [0.1, 0.15) is 5.56 Å². The molecule has 0 aromatic heterocycles. The maximum absolute atomic E-state index is 12.5. The smallest absolute Gasteiger partial charge is 0.420 e. The highest BCUT2D eigenvalue weighted by Gasteiger charge is 2.36. The van der Waals surface area contributed by atoms with Crippen molar-refractivity contribution in [1.29, 1.82) is 0 Å². The molecule has 0 amide bonds. The van der Waals surface area contributed by atoms with Gasteiger partial charge in [0.05, 0.1) is 14.2 Å². The van der Waals surface area contributed by atoms with Gasteiger partial charge in [-0.15, -0.1) is 0 Å². The third-order valence-electron chi connectivity index (χ3n) is 1.81. The molecular formula is C9H9F3O3. The number of benzene rings is 1. The normalized spacial score (nSPS) is 11.3. The van der Waals surface area contributed by atoms with Crippen LogP contribution < -0.4 is 9.47 Å². The van der Waals surface area contributed by atoms with Crippen molar-refractivity contribution in [3.63, 3.8) is 0 Å². The van der Waals surface area contributed by atoms with Gasteiger partial charge in [-0.3, -0.25) is 0 Å². The van der Waals surface area contributed by atoms with Gasteiger partial charge in [-0.05, 0) is 12.1 Å². The molecule has 1 aromatic rings. The Morgan fingerprint density at radius 2 is 1.60 bits per heavy atom. The number of rotatable bonds is 2. The van der Waals surface area contributed by atoms with Gasteiger partial charge < -0.3 is 14.6 Å². The second-order valence-electron chi connectivity index (χ2n) is 2.70. The van der Waals surface area contributed by atoms with Crippen molar-refractivity contribution < 1.29 is 27.8 Å². The first-order chi connectivity index (χ1) is 6.91. The fourth-order valence-corrected chi connectivity index (χ4v) is 1.18. The van der Waals surface area contributed by atoms with Gasteiger partial charge in [0.2, 0.25) is 5.75 Å². The lowest BCUT2D eigenvalue weighted by Gasteiger charge is -2.15. The summed E-state index contributed by atoms with van der Waals surface area (Å²) in [5, 5.41) is 9.24. The molecule has 1 rings (SSSR count). The van der Waals surface area contributed by atoms with Crippen LogP contribution in [0, 0.1) is 0 Å². The fourth-order valence-electron chi connectivity index (χ4n) is 1.18. The van der Waals surface area contributed by atoms with E-state index in [1.165, 1.54) is 0 Å². The SMILES string of the molecule is COc1c(O)ccc(C(F)(F)F)c1OC. The van der Waals surface area contributed by atoms with Gasteiger partial charge in [0.15, 0.2) is 11.5 Å². The third-order valence-corrected chi connectivity index (χ3v) is 1.81. The van der Waals surface area contributed by atoms with Gasteiger partial charge in [0.1, 0.15) is 5.56 Å². The van der Waals surface area contributed by atoms with E-state index in [-0.39, 0.29) is 5.75 Å².